The van der Waals surface area contributed by atoms with E-state index in [1.165, 1.54) is 37.1 Å². The lowest BCUT2D eigenvalue weighted by molar-refractivity contribution is 0.153. The predicted molar refractivity (Wildman–Crippen MR) is 129 cm³/mol. The highest BCUT2D eigenvalue weighted by Crippen LogP contribution is 2.32. The Labute approximate surface area is 196 Å². The molecule has 5 N–H and O–H groups in total. The molecular weight excluding hydrogens is 416 g/mol. The normalized spacial score (nSPS) is 18.2. The zero-order valence-corrected chi connectivity index (χ0v) is 19.8. The Morgan fingerprint density at radius 3 is 2.48 bits per heavy atom. The number of pyridine rings is 1. The third kappa shape index (κ3) is 5.90. The monoisotopic (exact) mass is 452 g/mol. The first kappa shape index (κ1) is 23.2. The average molecular weight is 453 g/mol. The Balaban J connectivity index is 1.47. The Kier molecular flexibility index (Phi) is 7.59. The molecule has 9 nitrogen and oxygen atoms in total. The third-order valence-corrected chi connectivity index (χ3v) is 6.62. The molecule has 0 aromatic carbocycles. The molecule has 2 heterocycles. The fraction of sp³-hybridized carbons (Fsp3) is 0.583. The highest BCUT2D eigenvalue weighted by atomic mass is 16.5. The summed E-state index contributed by atoms with van der Waals surface area (Å²) in [5.74, 6) is 8.74. The van der Waals surface area contributed by atoms with Crippen molar-refractivity contribution in [3.63, 3.8) is 0 Å². The minimum absolute atomic E-state index is 0.280. The van der Waals surface area contributed by atoms with Crippen molar-refractivity contribution in [2.24, 2.45) is 11.6 Å². The molecule has 9 heteroatoms. The largest absolute Gasteiger partial charge is 0.489 e. The second kappa shape index (κ2) is 10.8. The lowest BCUT2D eigenvalue weighted by Gasteiger charge is -2.24. The third-order valence-electron chi connectivity index (χ3n) is 6.62. The van der Waals surface area contributed by atoms with Crippen LogP contribution in [-0.2, 0) is 0 Å². The summed E-state index contributed by atoms with van der Waals surface area (Å²) in [5, 5.41) is 4.75. The first-order chi connectivity index (χ1) is 16.0. The zero-order chi connectivity index (χ0) is 23.2. The van der Waals surface area contributed by atoms with Crippen molar-refractivity contribution in [3.8, 4) is 5.75 Å². The number of hydrazine groups is 1. The number of rotatable bonds is 8. The molecule has 0 radical (unpaired) electrons. The summed E-state index contributed by atoms with van der Waals surface area (Å²) < 4.78 is 6.20. The lowest BCUT2D eigenvalue weighted by atomic mass is 9.98. The average Bonchev–Trinajstić information content (AvgIpc) is 3.36. The summed E-state index contributed by atoms with van der Waals surface area (Å²) in [6.45, 7) is 2.32. The highest BCUT2D eigenvalue weighted by Gasteiger charge is 2.21. The molecule has 0 atom stereocenters. The number of aryl methyl sites for hydroxylation is 1. The van der Waals surface area contributed by atoms with Gasteiger partial charge in [-0.05, 0) is 57.6 Å². The summed E-state index contributed by atoms with van der Waals surface area (Å²) in [7, 11) is 1.76. The van der Waals surface area contributed by atoms with E-state index in [1.54, 1.807) is 13.4 Å². The number of likely N-dealkylation sites (N-methyl/N-ethyl adjacent to an activating group) is 1. The molecule has 4 rings (SSSR count). The standard InChI is InChI=1S/C24H36N8O/c1-16-21(33-18-10-4-3-5-11-18)13-12-19(30-16)22(25)20(32(2)26)14-27-24-29-15-28-23(31-24)17-8-6-7-9-17/h12-13,15,17-18H,3-11,14,25-26H2,1-2H3,(H,27,28,29,31)/b22-20-. The number of hydrogen-bond acceptors (Lipinski definition) is 9. The van der Waals surface area contributed by atoms with Crippen molar-refractivity contribution in [2.75, 3.05) is 18.9 Å². The Morgan fingerprint density at radius 1 is 1.06 bits per heavy atom. The molecule has 0 amide bonds. The Bertz CT molecular complexity index is 965. The van der Waals surface area contributed by atoms with Crippen molar-refractivity contribution in [3.05, 3.63) is 41.4 Å². The molecule has 2 aliphatic rings. The van der Waals surface area contributed by atoms with Gasteiger partial charge >= 0.3 is 0 Å². The lowest BCUT2D eigenvalue weighted by Crippen LogP contribution is -2.32. The molecule has 2 aromatic rings. The van der Waals surface area contributed by atoms with E-state index in [0.717, 1.165) is 43.0 Å². The maximum absolute atomic E-state index is 6.50. The molecular formula is C24H36N8O. The van der Waals surface area contributed by atoms with Crippen LogP contribution >= 0.6 is 0 Å². The topological polar surface area (TPSA) is 128 Å². The fourth-order valence-electron chi connectivity index (χ4n) is 4.68. The minimum atomic E-state index is 0.280. The van der Waals surface area contributed by atoms with Crippen LogP contribution in [0.2, 0.25) is 0 Å². The number of nitrogens with two attached hydrogens (primary N) is 2. The molecule has 0 spiro atoms. The van der Waals surface area contributed by atoms with Gasteiger partial charge in [-0.15, -0.1) is 0 Å². The summed E-state index contributed by atoms with van der Waals surface area (Å²) in [5.41, 5.74) is 9.19. The van der Waals surface area contributed by atoms with Gasteiger partial charge in [-0.1, -0.05) is 19.3 Å². The van der Waals surface area contributed by atoms with Gasteiger partial charge in [0.25, 0.3) is 0 Å². The van der Waals surface area contributed by atoms with E-state index in [9.17, 15) is 0 Å². The van der Waals surface area contributed by atoms with Gasteiger partial charge in [0.05, 0.1) is 35.4 Å². The van der Waals surface area contributed by atoms with Crippen molar-refractivity contribution in [2.45, 2.75) is 76.7 Å². The zero-order valence-electron chi connectivity index (χ0n) is 19.8. The SMILES string of the molecule is Cc1nc(/C(N)=C(\CNc2ncnc(C3CCCC3)n2)N(C)N)ccc1OC1CCCCC1. The number of anilines is 1. The van der Waals surface area contributed by atoms with Crippen LogP contribution in [0, 0.1) is 6.92 Å². The van der Waals surface area contributed by atoms with Crippen LogP contribution in [0.15, 0.2) is 24.2 Å². The molecule has 2 aromatic heterocycles. The van der Waals surface area contributed by atoms with Gasteiger partial charge in [0.2, 0.25) is 5.95 Å². The molecule has 2 aliphatic carbocycles. The van der Waals surface area contributed by atoms with Crippen molar-refractivity contribution < 1.29 is 4.74 Å². The highest BCUT2D eigenvalue weighted by molar-refractivity contribution is 5.64. The Morgan fingerprint density at radius 2 is 1.79 bits per heavy atom. The van der Waals surface area contributed by atoms with Crippen LogP contribution in [-0.4, -0.2) is 44.6 Å². The Hall–Kier alpha value is -2.94. The van der Waals surface area contributed by atoms with Gasteiger partial charge in [-0.25, -0.2) is 20.8 Å². The summed E-state index contributed by atoms with van der Waals surface area (Å²) in [4.78, 5) is 18.0. The first-order valence-electron chi connectivity index (χ1n) is 12.1. The molecule has 0 aliphatic heterocycles. The molecule has 2 fully saturated rings. The van der Waals surface area contributed by atoms with Crippen LogP contribution in [0.5, 0.6) is 5.75 Å². The van der Waals surface area contributed by atoms with E-state index in [-0.39, 0.29) is 6.10 Å². The second-order valence-electron chi connectivity index (χ2n) is 9.13. The van der Waals surface area contributed by atoms with Crippen LogP contribution in [0.4, 0.5) is 5.95 Å². The number of nitrogens with one attached hydrogen (secondary N) is 1. The maximum Gasteiger partial charge on any atom is 0.226 e. The fourth-order valence-corrected chi connectivity index (χ4v) is 4.68. The van der Waals surface area contributed by atoms with Crippen LogP contribution in [0.25, 0.3) is 5.70 Å². The van der Waals surface area contributed by atoms with E-state index >= 15 is 0 Å². The van der Waals surface area contributed by atoms with Crippen LogP contribution in [0.1, 0.15) is 80.9 Å². The quantitative estimate of drug-likeness (QED) is 0.407. The van der Waals surface area contributed by atoms with Crippen molar-refractivity contribution >= 4 is 11.6 Å². The van der Waals surface area contributed by atoms with Crippen molar-refractivity contribution in [1.82, 2.24) is 24.9 Å². The van der Waals surface area contributed by atoms with Gasteiger partial charge in [-0.3, -0.25) is 0 Å². The number of hydrogen-bond donors (Lipinski definition) is 3. The molecule has 0 saturated heterocycles. The molecule has 0 unspecified atom stereocenters. The predicted octanol–water partition coefficient (Wildman–Crippen LogP) is 3.49. The molecule has 0 bridgehead atoms. The molecule has 2 saturated carbocycles. The summed E-state index contributed by atoms with van der Waals surface area (Å²) >= 11 is 0. The van der Waals surface area contributed by atoms with E-state index < -0.39 is 0 Å². The first-order valence-corrected chi connectivity index (χ1v) is 12.1. The van der Waals surface area contributed by atoms with Gasteiger partial charge in [0.15, 0.2) is 0 Å². The maximum atomic E-state index is 6.50. The summed E-state index contributed by atoms with van der Waals surface area (Å²) in [6.07, 6.45) is 12.6. The van der Waals surface area contributed by atoms with E-state index in [0.29, 0.717) is 35.5 Å². The number of nitrogens with zero attached hydrogens (tertiary/aromatic N) is 5. The minimum Gasteiger partial charge on any atom is -0.489 e. The van der Waals surface area contributed by atoms with Crippen LogP contribution in [0.3, 0.4) is 0 Å². The van der Waals surface area contributed by atoms with Gasteiger partial charge in [-0.2, -0.15) is 4.98 Å². The van der Waals surface area contributed by atoms with E-state index in [1.807, 2.05) is 19.1 Å². The molecule has 178 valence electrons. The number of ether oxygens (including phenoxy) is 1. The molecule has 33 heavy (non-hydrogen) atoms. The van der Waals surface area contributed by atoms with E-state index in [2.05, 4.69) is 20.3 Å². The smallest absolute Gasteiger partial charge is 0.226 e. The van der Waals surface area contributed by atoms with Crippen LogP contribution < -0.4 is 21.6 Å². The van der Waals surface area contributed by atoms with Gasteiger partial charge in [0.1, 0.15) is 17.9 Å². The van der Waals surface area contributed by atoms with Gasteiger partial charge < -0.3 is 20.8 Å². The van der Waals surface area contributed by atoms with E-state index in [4.69, 9.17) is 21.3 Å². The van der Waals surface area contributed by atoms with Gasteiger partial charge in [0, 0.05) is 13.0 Å². The second-order valence-corrected chi connectivity index (χ2v) is 9.13. The number of aromatic nitrogens is 4. The summed E-state index contributed by atoms with van der Waals surface area (Å²) in [6, 6.07) is 3.85. The van der Waals surface area contributed by atoms with Crippen molar-refractivity contribution in [1.29, 1.82) is 0 Å².